The van der Waals surface area contributed by atoms with Gasteiger partial charge in [-0.05, 0) is 25.1 Å². The lowest BCUT2D eigenvalue weighted by atomic mass is 10.0. The summed E-state index contributed by atoms with van der Waals surface area (Å²) in [5, 5.41) is 0. The average Bonchev–Trinajstić information content (AvgIpc) is 2.66. The van der Waals surface area contributed by atoms with Gasteiger partial charge in [-0.3, -0.25) is 4.79 Å². The molecule has 1 aliphatic heterocycles. The first-order valence-electron chi connectivity index (χ1n) is 8.46. The fraction of sp³-hybridized carbons (Fsp3) is 0.353. The average molecular weight is 543 g/mol. The second-order valence-corrected chi connectivity index (χ2v) is 9.47. The van der Waals surface area contributed by atoms with Gasteiger partial charge in [-0.1, -0.05) is 6.07 Å². The molecule has 0 unspecified atom stereocenters. The standard InChI is InChI=1S/C17H17F3IN3O4S/c1-10-9-28-5-4-24(10)11-6-15(22-16(25)7-11)13-3-2-12(29(26,27)23-21)8-14(13)17(18,19)20/h2-3,6-8,10,23H,4-5,9H2,1H3,(H,22,25)/t10-/m1/s1. The van der Waals surface area contributed by atoms with E-state index in [1.54, 1.807) is 0 Å². The second kappa shape index (κ2) is 8.24. The summed E-state index contributed by atoms with van der Waals surface area (Å²) in [6.45, 7) is 3.26. The van der Waals surface area contributed by atoms with Crippen molar-refractivity contribution in [3.63, 3.8) is 0 Å². The van der Waals surface area contributed by atoms with Gasteiger partial charge < -0.3 is 14.6 Å². The molecule has 2 N–H and O–H groups in total. The third-order valence-corrected chi connectivity index (χ3v) is 7.34. The molecule has 1 atom stereocenters. The Balaban J connectivity index is 2.16. The van der Waals surface area contributed by atoms with E-state index >= 15 is 0 Å². The fourth-order valence-electron chi connectivity index (χ4n) is 3.15. The smallest absolute Gasteiger partial charge is 0.377 e. The highest BCUT2D eigenvalue weighted by atomic mass is 127. The first-order chi connectivity index (χ1) is 13.5. The number of nitrogens with zero attached hydrogens (tertiary/aromatic N) is 1. The SMILES string of the molecule is C[C@@H]1COCCN1c1cc(-c2ccc(S(=O)(=O)NI)cc2C(F)(F)F)[nH]c(=O)c1. The number of rotatable bonds is 4. The van der Waals surface area contributed by atoms with Crippen molar-refractivity contribution >= 4 is 38.6 Å². The molecule has 0 aliphatic carbocycles. The molecule has 0 spiro atoms. The number of ether oxygens (including phenoxy) is 1. The Bertz CT molecular complexity index is 1070. The van der Waals surface area contributed by atoms with Crippen LogP contribution < -0.4 is 13.4 Å². The number of hydrogen-bond acceptors (Lipinski definition) is 5. The van der Waals surface area contributed by atoms with Crippen LogP contribution in [0.2, 0.25) is 0 Å². The maximum atomic E-state index is 13.7. The number of benzene rings is 1. The van der Waals surface area contributed by atoms with Gasteiger partial charge in [-0.2, -0.15) is 16.1 Å². The summed E-state index contributed by atoms with van der Waals surface area (Å²) >= 11 is 1.34. The van der Waals surface area contributed by atoms with Crippen molar-refractivity contribution < 1.29 is 26.3 Å². The molecular formula is C17H17F3IN3O4S. The molecule has 3 rings (SSSR count). The van der Waals surface area contributed by atoms with Crippen LogP contribution in [-0.4, -0.2) is 39.2 Å². The van der Waals surface area contributed by atoms with Crippen molar-refractivity contribution in [2.45, 2.75) is 24.0 Å². The summed E-state index contributed by atoms with van der Waals surface area (Å²) < 4.78 is 72.2. The maximum Gasteiger partial charge on any atom is 0.417 e. The molecule has 0 saturated carbocycles. The normalized spacial score (nSPS) is 18.1. The number of aromatic amines is 1. The monoisotopic (exact) mass is 543 g/mol. The van der Waals surface area contributed by atoms with Crippen LogP contribution in [0.3, 0.4) is 0 Å². The van der Waals surface area contributed by atoms with Crippen molar-refractivity contribution in [2.75, 3.05) is 24.7 Å². The largest absolute Gasteiger partial charge is 0.417 e. The highest BCUT2D eigenvalue weighted by Crippen LogP contribution is 2.38. The summed E-state index contributed by atoms with van der Waals surface area (Å²) in [7, 11) is -4.08. The lowest BCUT2D eigenvalue weighted by Gasteiger charge is -2.35. The molecule has 7 nitrogen and oxygen atoms in total. The quantitative estimate of drug-likeness (QED) is 0.458. The Kier molecular flexibility index (Phi) is 6.27. The molecular weight excluding hydrogens is 526 g/mol. The van der Waals surface area contributed by atoms with Gasteiger partial charge in [0.2, 0.25) is 15.6 Å². The molecule has 1 aromatic heterocycles. The predicted molar refractivity (Wildman–Crippen MR) is 109 cm³/mol. The zero-order valence-corrected chi connectivity index (χ0v) is 18.1. The van der Waals surface area contributed by atoms with E-state index in [9.17, 15) is 26.4 Å². The number of morpholine rings is 1. The molecule has 1 fully saturated rings. The fourth-order valence-corrected chi connectivity index (χ4v) is 4.53. The topological polar surface area (TPSA) is 91.5 Å². The minimum Gasteiger partial charge on any atom is -0.377 e. The molecule has 0 radical (unpaired) electrons. The molecule has 158 valence electrons. The number of anilines is 1. The summed E-state index contributed by atoms with van der Waals surface area (Å²) in [5.74, 6) is 0. The first kappa shape index (κ1) is 22.1. The van der Waals surface area contributed by atoms with Gasteiger partial charge in [0.05, 0.1) is 29.4 Å². The molecule has 0 bridgehead atoms. The molecule has 0 amide bonds. The zero-order chi connectivity index (χ0) is 21.4. The van der Waals surface area contributed by atoms with Crippen molar-refractivity contribution in [3.8, 4) is 11.3 Å². The molecule has 1 aliphatic rings. The van der Waals surface area contributed by atoms with Gasteiger partial charge in [0.1, 0.15) is 0 Å². The Hall–Kier alpha value is -1.64. The lowest BCUT2D eigenvalue weighted by molar-refractivity contribution is -0.137. The molecule has 1 saturated heterocycles. The van der Waals surface area contributed by atoms with Crippen LogP contribution in [0.4, 0.5) is 18.9 Å². The zero-order valence-electron chi connectivity index (χ0n) is 15.1. The minimum absolute atomic E-state index is 0.0510. The predicted octanol–water partition coefficient (Wildman–Crippen LogP) is 2.91. The van der Waals surface area contributed by atoms with Crippen LogP contribution in [-0.2, 0) is 20.9 Å². The van der Waals surface area contributed by atoms with Crippen molar-refractivity contribution in [2.24, 2.45) is 0 Å². The van der Waals surface area contributed by atoms with E-state index in [1.165, 1.54) is 35.0 Å². The van der Waals surface area contributed by atoms with Gasteiger partial charge in [-0.25, -0.2) is 8.42 Å². The Morgan fingerprint density at radius 2 is 2.00 bits per heavy atom. The van der Waals surface area contributed by atoms with Crippen LogP contribution in [0.25, 0.3) is 11.3 Å². The second-order valence-electron chi connectivity index (χ2n) is 6.52. The summed E-state index contributed by atoms with van der Waals surface area (Å²) in [4.78, 5) is 15.9. The van der Waals surface area contributed by atoms with Gasteiger partial charge >= 0.3 is 6.18 Å². The minimum atomic E-state index is -4.83. The van der Waals surface area contributed by atoms with Crippen LogP contribution >= 0.6 is 22.9 Å². The number of H-pyrrole nitrogens is 1. The number of alkyl halides is 3. The highest BCUT2D eigenvalue weighted by molar-refractivity contribution is 14.1. The molecule has 2 aromatic rings. The van der Waals surface area contributed by atoms with Crippen LogP contribution in [0, 0.1) is 0 Å². The van der Waals surface area contributed by atoms with Crippen LogP contribution in [0.5, 0.6) is 0 Å². The first-order valence-corrected chi connectivity index (χ1v) is 11.0. The van der Waals surface area contributed by atoms with Crippen molar-refractivity contribution in [3.05, 3.63) is 46.2 Å². The van der Waals surface area contributed by atoms with Gasteiger partial charge in [-0.15, -0.1) is 0 Å². The van der Waals surface area contributed by atoms with E-state index in [-0.39, 0.29) is 17.3 Å². The van der Waals surface area contributed by atoms with E-state index in [0.29, 0.717) is 31.5 Å². The molecule has 2 heterocycles. The van der Waals surface area contributed by atoms with Crippen molar-refractivity contribution in [1.82, 2.24) is 7.92 Å². The number of nitrogens with one attached hydrogen (secondary N) is 2. The van der Waals surface area contributed by atoms with Crippen LogP contribution in [0.1, 0.15) is 12.5 Å². The number of halogens is 4. The third-order valence-electron chi connectivity index (χ3n) is 4.53. The number of hydrogen-bond donors (Lipinski definition) is 2. The molecule has 1 aromatic carbocycles. The van der Waals surface area contributed by atoms with E-state index < -0.39 is 32.2 Å². The van der Waals surface area contributed by atoms with Crippen molar-refractivity contribution in [1.29, 1.82) is 0 Å². The Morgan fingerprint density at radius 1 is 1.28 bits per heavy atom. The number of sulfonamides is 1. The molecule has 12 heteroatoms. The van der Waals surface area contributed by atoms with E-state index in [2.05, 4.69) is 4.98 Å². The van der Waals surface area contributed by atoms with Gasteiger partial charge in [0.25, 0.3) is 0 Å². The number of pyridine rings is 1. The Morgan fingerprint density at radius 3 is 2.62 bits per heavy atom. The third kappa shape index (κ3) is 4.75. The number of aromatic nitrogens is 1. The summed E-state index contributed by atoms with van der Waals surface area (Å²) in [6, 6.07) is 5.38. The summed E-state index contributed by atoms with van der Waals surface area (Å²) in [5.41, 5.74) is -1.61. The van der Waals surface area contributed by atoms with E-state index in [4.69, 9.17) is 4.74 Å². The van der Waals surface area contributed by atoms with E-state index in [0.717, 1.165) is 12.1 Å². The van der Waals surface area contributed by atoms with Gasteiger partial charge in [0.15, 0.2) is 0 Å². The van der Waals surface area contributed by atoms with Crippen LogP contribution in [0.15, 0.2) is 40.0 Å². The van der Waals surface area contributed by atoms with E-state index in [1.807, 2.05) is 14.8 Å². The van der Waals surface area contributed by atoms with Gasteiger partial charge in [0, 0.05) is 52.8 Å². The molecule has 29 heavy (non-hydrogen) atoms. The highest BCUT2D eigenvalue weighted by Gasteiger charge is 2.35. The maximum absolute atomic E-state index is 13.7. The lowest BCUT2D eigenvalue weighted by Crippen LogP contribution is -2.44. The Labute approximate surface area is 178 Å². The summed E-state index contributed by atoms with van der Waals surface area (Å²) in [6.07, 6.45) is -4.83.